The molecule has 1 saturated carbocycles. The van der Waals surface area contributed by atoms with Crippen LogP contribution < -0.4 is 21.1 Å². The molecule has 190 valence electrons. The molecule has 37 heavy (non-hydrogen) atoms. The number of fused-ring (bicyclic) bond motifs is 1. The number of hydrogen-bond donors (Lipinski definition) is 2. The standard InChI is InChI=1S/C30H34N6O/c1-21-6-2-3-7-22(21)18-23-19-24-20-32-30(34-28(24)36(29(23)37)27-8-4-5-9-27)33-25-10-12-26(13-11-25)35-16-14-31-15-17-35/h2-3,6-7,10-13,19-20,27,31H,4-5,8-9,14-18H2,1H3,(H,32,33,34). The number of hydrogen-bond acceptors (Lipinski definition) is 6. The summed E-state index contributed by atoms with van der Waals surface area (Å²) >= 11 is 0. The zero-order chi connectivity index (χ0) is 25.2. The first-order valence-electron chi connectivity index (χ1n) is 13.4. The summed E-state index contributed by atoms with van der Waals surface area (Å²) in [6.07, 6.45) is 6.80. The number of anilines is 3. The summed E-state index contributed by atoms with van der Waals surface area (Å²) in [5.74, 6) is 0.514. The second-order valence-electron chi connectivity index (χ2n) is 10.3. The Balaban J connectivity index is 1.33. The van der Waals surface area contributed by atoms with Crippen LogP contribution in [0.5, 0.6) is 0 Å². The van der Waals surface area contributed by atoms with Crippen LogP contribution in [0.25, 0.3) is 11.0 Å². The van der Waals surface area contributed by atoms with Crippen molar-refractivity contribution in [3.8, 4) is 0 Å². The van der Waals surface area contributed by atoms with Crippen LogP contribution in [0.2, 0.25) is 0 Å². The fraction of sp³-hybridized carbons (Fsp3) is 0.367. The molecule has 6 rings (SSSR count). The van der Waals surface area contributed by atoms with Gasteiger partial charge in [-0.15, -0.1) is 0 Å². The first-order valence-corrected chi connectivity index (χ1v) is 13.4. The van der Waals surface area contributed by atoms with E-state index in [2.05, 4.69) is 63.8 Å². The van der Waals surface area contributed by atoms with E-state index in [0.29, 0.717) is 12.4 Å². The Hall–Kier alpha value is -3.71. The molecule has 0 atom stereocenters. The van der Waals surface area contributed by atoms with E-state index in [4.69, 9.17) is 4.98 Å². The van der Waals surface area contributed by atoms with Gasteiger partial charge in [-0.25, -0.2) is 4.98 Å². The average molecular weight is 495 g/mol. The van der Waals surface area contributed by atoms with E-state index in [0.717, 1.165) is 74.1 Å². The smallest absolute Gasteiger partial charge is 0.256 e. The molecule has 0 amide bonds. The molecular weight excluding hydrogens is 460 g/mol. The third-order valence-electron chi connectivity index (χ3n) is 7.78. The first-order chi connectivity index (χ1) is 18.2. The number of aryl methyl sites for hydroxylation is 1. The van der Waals surface area contributed by atoms with Gasteiger partial charge in [-0.2, -0.15) is 4.98 Å². The van der Waals surface area contributed by atoms with Gasteiger partial charge < -0.3 is 15.5 Å². The van der Waals surface area contributed by atoms with Crippen molar-refractivity contribution in [1.29, 1.82) is 0 Å². The van der Waals surface area contributed by atoms with Crippen LogP contribution in [0.15, 0.2) is 65.6 Å². The Morgan fingerprint density at radius 1 is 1.00 bits per heavy atom. The lowest BCUT2D eigenvalue weighted by Crippen LogP contribution is -2.43. The first kappa shape index (κ1) is 23.7. The molecule has 7 heteroatoms. The molecule has 1 saturated heterocycles. The summed E-state index contributed by atoms with van der Waals surface area (Å²) in [4.78, 5) is 25.7. The van der Waals surface area contributed by atoms with Crippen LogP contribution in [-0.2, 0) is 6.42 Å². The van der Waals surface area contributed by atoms with E-state index in [1.165, 1.54) is 16.8 Å². The van der Waals surface area contributed by atoms with Crippen molar-refractivity contribution in [3.63, 3.8) is 0 Å². The van der Waals surface area contributed by atoms with Gasteiger partial charge in [0.15, 0.2) is 0 Å². The predicted molar refractivity (Wildman–Crippen MR) is 150 cm³/mol. The van der Waals surface area contributed by atoms with E-state index in [-0.39, 0.29) is 11.6 Å². The maximum atomic E-state index is 13.8. The highest BCUT2D eigenvalue weighted by atomic mass is 16.1. The minimum absolute atomic E-state index is 0.0766. The monoisotopic (exact) mass is 494 g/mol. The molecule has 2 fully saturated rings. The minimum atomic E-state index is 0.0766. The maximum Gasteiger partial charge on any atom is 0.256 e. The van der Waals surface area contributed by atoms with E-state index in [9.17, 15) is 4.79 Å². The van der Waals surface area contributed by atoms with Crippen molar-refractivity contribution in [3.05, 3.63) is 87.8 Å². The van der Waals surface area contributed by atoms with Gasteiger partial charge in [-0.05, 0) is 61.2 Å². The Morgan fingerprint density at radius 3 is 2.51 bits per heavy atom. The normalized spacial score (nSPS) is 16.4. The van der Waals surface area contributed by atoms with Gasteiger partial charge in [0.1, 0.15) is 5.65 Å². The fourth-order valence-electron chi connectivity index (χ4n) is 5.69. The van der Waals surface area contributed by atoms with Crippen LogP contribution in [-0.4, -0.2) is 40.7 Å². The predicted octanol–water partition coefficient (Wildman–Crippen LogP) is 4.96. The average Bonchev–Trinajstić information content (AvgIpc) is 3.46. The molecule has 2 aromatic heterocycles. The number of pyridine rings is 1. The lowest BCUT2D eigenvalue weighted by atomic mass is 10.0. The number of nitrogens with one attached hydrogen (secondary N) is 2. The van der Waals surface area contributed by atoms with Crippen molar-refractivity contribution in [2.45, 2.75) is 45.1 Å². The highest BCUT2D eigenvalue weighted by Gasteiger charge is 2.23. The molecule has 0 radical (unpaired) electrons. The molecule has 7 nitrogen and oxygen atoms in total. The van der Waals surface area contributed by atoms with Crippen molar-refractivity contribution >= 4 is 28.4 Å². The van der Waals surface area contributed by atoms with Crippen LogP contribution in [0.4, 0.5) is 17.3 Å². The Labute approximate surface area is 217 Å². The molecule has 2 aliphatic rings. The third-order valence-corrected chi connectivity index (χ3v) is 7.78. The fourth-order valence-corrected chi connectivity index (χ4v) is 5.69. The van der Waals surface area contributed by atoms with Gasteiger partial charge in [-0.3, -0.25) is 9.36 Å². The molecule has 1 aliphatic heterocycles. The Morgan fingerprint density at radius 2 is 1.76 bits per heavy atom. The highest BCUT2D eigenvalue weighted by molar-refractivity contribution is 5.77. The molecule has 0 spiro atoms. The zero-order valence-electron chi connectivity index (χ0n) is 21.4. The van der Waals surface area contributed by atoms with Gasteiger partial charge in [0, 0.05) is 67.2 Å². The van der Waals surface area contributed by atoms with Gasteiger partial charge in [0.25, 0.3) is 5.56 Å². The number of piperazine rings is 1. The van der Waals surface area contributed by atoms with Crippen LogP contribution >= 0.6 is 0 Å². The van der Waals surface area contributed by atoms with Crippen LogP contribution in [0.3, 0.4) is 0 Å². The maximum absolute atomic E-state index is 13.8. The molecular formula is C30H34N6O. The van der Waals surface area contributed by atoms with E-state index >= 15 is 0 Å². The van der Waals surface area contributed by atoms with Crippen molar-refractivity contribution in [1.82, 2.24) is 19.9 Å². The Bertz CT molecular complexity index is 1450. The lowest BCUT2D eigenvalue weighted by molar-refractivity contribution is 0.513. The van der Waals surface area contributed by atoms with Gasteiger partial charge in [-0.1, -0.05) is 37.1 Å². The van der Waals surface area contributed by atoms with Crippen molar-refractivity contribution < 1.29 is 0 Å². The van der Waals surface area contributed by atoms with E-state index in [1.54, 1.807) is 0 Å². The van der Waals surface area contributed by atoms with Crippen LogP contribution in [0, 0.1) is 6.92 Å². The SMILES string of the molecule is Cc1ccccc1Cc1cc2cnc(Nc3ccc(N4CCNCC4)cc3)nc2n(C2CCCC2)c1=O. The molecule has 0 unspecified atom stereocenters. The summed E-state index contributed by atoms with van der Waals surface area (Å²) in [6, 6.07) is 18.9. The summed E-state index contributed by atoms with van der Waals surface area (Å²) in [6.45, 7) is 6.17. The highest BCUT2D eigenvalue weighted by Crippen LogP contribution is 2.31. The summed E-state index contributed by atoms with van der Waals surface area (Å²) < 4.78 is 1.95. The zero-order valence-corrected chi connectivity index (χ0v) is 21.4. The number of aromatic nitrogens is 3. The van der Waals surface area contributed by atoms with E-state index in [1.807, 2.05) is 29.0 Å². The second kappa shape index (κ2) is 10.3. The molecule has 2 N–H and O–H groups in total. The third kappa shape index (κ3) is 4.96. The summed E-state index contributed by atoms with van der Waals surface area (Å²) in [5, 5.41) is 7.66. The molecule has 2 aromatic carbocycles. The largest absolute Gasteiger partial charge is 0.369 e. The number of nitrogens with zero attached hydrogens (tertiary/aromatic N) is 4. The van der Waals surface area contributed by atoms with Gasteiger partial charge in [0.05, 0.1) is 0 Å². The second-order valence-corrected chi connectivity index (χ2v) is 10.3. The van der Waals surface area contributed by atoms with Crippen LogP contribution in [0.1, 0.15) is 48.4 Å². The molecule has 0 bridgehead atoms. The molecule has 3 heterocycles. The van der Waals surface area contributed by atoms with E-state index < -0.39 is 0 Å². The minimum Gasteiger partial charge on any atom is -0.369 e. The van der Waals surface area contributed by atoms with Gasteiger partial charge in [0.2, 0.25) is 5.95 Å². The molecule has 4 aromatic rings. The number of rotatable bonds is 6. The number of benzene rings is 2. The quantitative estimate of drug-likeness (QED) is 0.395. The Kier molecular flexibility index (Phi) is 6.62. The topological polar surface area (TPSA) is 75.1 Å². The van der Waals surface area contributed by atoms with Crippen molar-refractivity contribution in [2.24, 2.45) is 0 Å². The molecule has 1 aliphatic carbocycles. The summed E-state index contributed by atoms with van der Waals surface area (Å²) in [5.41, 5.74) is 6.15. The lowest BCUT2D eigenvalue weighted by Gasteiger charge is -2.29. The van der Waals surface area contributed by atoms with Crippen molar-refractivity contribution in [2.75, 3.05) is 36.4 Å². The van der Waals surface area contributed by atoms with Gasteiger partial charge >= 0.3 is 0 Å². The summed E-state index contributed by atoms with van der Waals surface area (Å²) in [7, 11) is 0.